The number of rotatable bonds is 5. The number of nitrogens with one attached hydrogen (secondary N) is 1. The van der Waals surface area contributed by atoms with E-state index >= 15 is 0 Å². The highest BCUT2D eigenvalue weighted by molar-refractivity contribution is 5.97. The third-order valence-corrected chi connectivity index (χ3v) is 5.94. The van der Waals surface area contributed by atoms with Gasteiger partial charge in [-0.25, -0.2) is 4.98 Å². The predicted octanol–water partition coefficient (Wildman–Crippen LogP) is 3.80. The van der Waals surface area contributed by atoms with Crippen molar-refractivity contribution in [3.05, 3.63) is 69.3 Å². The van der Waals surface area contributed by atoms with Crippen LogP contribution in [0.5, 0.6) is 5.75 Å². The van der Waals surface area contributed by atoms with Crippen molar-refractivity contribution in [2.24, 2.45) is 0 Å². The lowest BCUT2D eigenvalue weighted by Gasteiger charge is -2.16. The second-order valence-electron chi connectivity index (χ2n) is 8.20. The lowest BCUT2D eigenvalue weighted by atomic mass is 10.1. The van der Waals surface area contributed by atoms with Gasteiger partial charge in [0.05, 0.1) is 18.0 Å². The summed E-state index contributed by atoms with van der Waals surface area (Å²) >= 11 is 0. The highest BCUT2D eigenvalue weighted by atomic mass is 16.5. The number of methoxy groups -OCH3 is 1. The van der Waals surface area contributed by atoms with Crippen LogP contribution in [0.4, 0.5) is 0 Å². The molecule has 4 rings (SSSR count). The molecule has 6 nitrogen and oxygen atoms in total. The van der Waals surface area contributed by atoms with Crippen LogP contribution < -0.4 is 15.6 Å². The molecule has 162 valence electrons. The molecule has 0 radical (unpaired) electrons. The Hall–Kier alpha value is -3.15. The molecule has 0 atom stereocenters. The fourth-order valence-corrected chi connectivity index (χ4v) is 4.25. The van der Waals surface area contributed by atoms with Crippen LogP contribution in [0, 0.1) is 6.92 Å². The van der Waals surface area contributed by atoms with Gasteiger partial charge in [-0.15, -0.1) is 0 Å². The van der Waals surface area contributed by atoms with Crippen molar-refractivity contribution in [3.8, 4) is 5.75 Å². The lowest BCUT2D eigenvalue weighted by Crippen LogP contribution is -2.28. The summed E-state index contributed by atoms with van der Waals surface area (Å²) in [7, 11) is 1.65. The summed E-state index contributed by atoms with van der Waals surface area (Å²) in [5.74, 6) is 1.50. The van der Waals surface area contributed by atoms with Gasteiger partial charge < -0.3 is 10.1 Å². The van der Waals surface area contributed by atoms with Crippen molar-refractivity contribution in [2.75, 3.05) is 13.7 Å². The van der Waals surface area contributed by atoms with Gasteiger partial charge in [-0.05, 0) is 56.0 Å². The molecular formula is C25H29N3O3. The quantitative estimate of drug-likeness (QED) is 0.683. The number of ether oxygens (including phenoxy) is 1. The molecular weight excluding hydrogens is 390 g/mol. The maximum atomic E-state index is 12.9. The van der Waals surface area contributed by atoms with Gasteiger partial charge in [-0.2, -0.15) is 0 Å². The zero-order valence-electron chi connectivity index (χ0n) is 18.2. The molecule has 1 aliphatic heterocycles. The van der Waals surface area contributed by atoms with E-state index < -0.39 is 0 Å². The Kier molecular flexibility index (Phi) is 6.35. The van der Waals surface area contributed by atoms with Gasteiger partial charge in [0.15, 0.2) is 0 Å². The SMILES string of the molecule is COc1ccc(C)cc1CCNC(=O)c1ccc2c(=O)n3c(nc2c1)CCCCCC3. The first kappa shape index (κ1) is 21.1. The van der Waals surface area contributed by atoms with Gasteiger partial charge in [0, 0.05) is 25.1 Å². The Morgan fingerprint density at radius 3 is 2.81 bits per heavy atom. The van der Waals surface area contributed by atoms with E-state index in [1.165, 1.54) is 6.42 Å². The number of amides is 1. The minimum atomic E-state index is -0.165. The Labute approximate surface area is 182 Å². The van der Waals surface area contributed by atoms with Crippen LogP contribution in [0.3, 0.4) is 0 Å². The van der Waals surface area contributed by atoms with Gasteiger partial charge >= 0.3 is 0 Å². The summed E-state index contributed by atoms with van der Waals surface area (Å²) < 4.78 is 7.23. The van der Waals surface area contributed by atoms with Gasteiger partial charge in [-0.3, -0.25) is 14.2 Å². The van der Waals surface area contributed by atoms with E-state index in [0.717, 1.165) is 54.9 Å². The molecule has 1 aliphatic rings. The lowest BCUT2D eigenvalue weighted by molar-refractivity contribution is 0.0954. The molecule has 31 heavy (non-hydrogen) atoms. The zero-order valence-corrected chi connectivity index (χ0v) is 18.2. The number of hydrogen-bond donors (Lipinski definition) is 1. The van der Waals surface area contributed by atoms with E-state index in [1.54, 1.807) is 25.3 Å². The molecule has 0 saturated carbocycles. The summed E-state index contributed by atoms with van der Waals surface area (Å²) in [4.78, 5) is 30.4. The summed E-state index contributed by atoms with van der Waals surface area (Å²) in [5, 5.41) is 3.55. The fraction of sp³-hybridized carbons (Fsp3) is 0.400. The monoisotopic (exact) mass is 419 g/mol. The highest BCUT2D eigenvalue weighted by Gasteiger charge is 2.15. The second kappa shape index (κ2) is 9.33. The minimum absolute atomic E-state index is 0.000371. The number of aromatic nitrogens is 2. The van der Waals surface area contributed by atoms with Crippen molar-refractivity contribution in [1.82, 2.24) is 14.9 Å². The van der Waals surface area contributed by atoms with E-state index in [9.17, 15) is 9.59 Å². The Morgan fingerprint density at radius 2 is 1.97 bits per heavy atom. The summed E-state index contributed by atoms with van der Waals surface area (Å²) in [6, 6.07) is 11.2. The Balaban J connectivity index is 1.51. The number of benzene rings is 2. The molecule has 0 unspecified atom stereocenters. The number of nitrogens with zero attached hydrogens (tertiary/aromatic N) is 2. The Bertz CT molecular complexity index is 1170. The van der Waals surface area contributed by atoms with E-state index in [4.69, 9.17) is 9.72 Å². The van der Waals surface area contributed by atoms with E-state index in [1.807, 2.05) is 23.6 Å². The molecule has 1 amide bonds. The maximum Gasteiger partial charge on any atom is 0.261 e. The third kappa shape index (κ3) is 4.63. The summed E-state index contributed by atoms with van der Waals surface area (Å²) in [5.41, 5.74) is 3.34. The van der Waals surface area contributed by atoms with Gasteiger partial charge in [0.2, 0.25) is 0 Å². The second-order valence-corrected chi connectivity index (χ2v) is 8.20. The maximum absolute atomic E-state index is 12.9. The van der Waals surface area contributed by atoms with E-state index in [0.29, 0.717) is 29.4 Å². The van der Waals surface area contributed by atoms with E-state index in [-0.39, 0.29) is 11.5 Å². The highest BCUT2D eigenvalue weighted by Crippen LogP contribution is 2.20. The summed E-state index contributed by atoms with van der Waals surface area (Å²) in [6.07, 6.45) is 5.85. The zero-order chi connectivity index (χ0) is 21.8. The van der Waals surface area contributed by atoms with Crippen LogP contribution in [0.1, 0.15) is 53.0 Å². The first-order chi connectivity index (χ1) is 15.1. The molecule has 0 spiro atoms. The van der Waals surface area contributed by atoms with Crippen molar-refractivity contribution in [2.45, 2.75) is 52.0 Å². The fourth-order valence-electron chi connectivity index (χ4n) is 4.25. The average molecular weight is 420 g/mol. The molecule has 1 N–H and O–H groups in total. The van der Waals surface area contributed by atoms with Crippen LogP contribution in [0.2, 0.25) is 0 Å². The molecule has 2 aromatic carbocycles. The predicted molar refractivity (Wildman–Crippen MR) is 122 cm³/mol. The molecule has 0 saturated heterocycles. The molecule has 1 aromatic heterocycles. The standard InChI is InChI=1S/C25H29N3O3/c1-17-8-11-22(31-2)18(15-17)12-13-26-24(29)19-9-10-20-21(16-19)27-23-7-5-3-4-6-14-28(23)25(20)30/h8-11,15-16H,3-7,12-14H2,1-2H3,(H,26,29). The van der Waals surface area contributed by atoms with Crippen molar-refractivity contribution in [1.29, 1.82) is 0 Å². The van der Waals surface area contributed by atoms with Gasteiger partial charge in [0.1, 0.15) is 11.6 Å². The van der Waals surface area contributed by atoms with Crippen LogP contribution in [0.25, 0.3) is 10.9 Å². The summed E-state index contributed by atoms with van der Waals surface area (Å²) in [6.45, 7) is 3.26. The number of carbonyl (C=O) groups excluding carboxylic acids is 1. The Morgan fingerprint density at radius 1 is 1.13 bits per heavy atom. The largest absolute Gasteiger partial charge is 0.496 e. The smallest absolute Gasteiger partial charge is 0.261 e. The van der Waals surface area contributed by atoms with Crippen LogP contribution in [0.15, 0.2) is 41.2 Å². The molecule has 2 heterocycles. The third-order valence-electron chi connectivity index (χ3n) is 5.94. The topological polar surface area (TPSA) is 73.2 Å². The number of aryl methyl sites for hydroxylation is 2. The van der Waals surface area contributed by atoms with Crippen LogP contribution >= 0.6 is 0 Å². The van der Waals surface area contributed by atoms with Crippen LogP contribution in [-0.4, -0.2) is 29.1 Å². The first-order valence-corrected chi connectivity index (χ1v) is 11.0. The average Bonchev–Trinajstić information content (AvgIpc) is 2.75. The molecule has 6 heteroatoms. The van der Waals surface area contributed by atoms with Gasteiger partial charge in [-0.1, -0.05) is 30.5 Å². The van der Waals surface area contributed by atoms with Crippen molar-refractivity contribution in [3.63, 3.8) is 0 Å². The van der Waals surface area contributed by atoms with Crippen molar-refractivity contribution < 1.29 is 9.53 Å². The first-order valence-electron chi connectivity index (χ1n) is 11.0. The number of fused-ring (bicyclic) bond motifs is 2. The molecule has 0 fully saturated rings. The van der Waals surface area contributed by atoms with Crippen molar-refractivity contribution >= 4 is 16.8 Å². The molecule has 0 bridgehead atoms. The number of carbonyl (C=O) groups is 1. The molecule has 3 aromatic rings. The minimum Gasteiger partial charge on any atom is -0.496 e. The van der Waals surface area contributed by atoms with E-state index in [2.05, 4.69) is 11.4 Å². The molecule has 0 aliphatic carbocycles. The van der Waals surface area contributed by atoms with Gasteiger partial charge in [0.25, 0.3) is 11.5 Å². The number of hydrogen-bond acceptors (Lipinski definition) is 4. The van der Waals surface area contributed by atoms with Crippen LogP contribution in [-0.2, 0) is 19.4 Å². The normalized spacial score (nSPS) is 13.9.